The smallest absolute Gasteiger partial charge is 0.338 e. The van der Waals surface area contributed by atoms with Crippen molar-refractivity contribution in [1.29, 1.82) is 0 Å². The van der Waals surface area contributed by atoms with Gasteiger partial charge in [-0.2, -0.15) is 4.31 Å². The van der Waals surface area contributed by atoms with Gasteiger partial charge in [0, 0.05) is 13.1 Å². The van der Waals surface area contributed by atoms with Gasteiger partial charge in [0.2, 0.25) is 10.0 Å². The highest BCUT2D eigenvalue weighted by Crippen LogP contribution is 2.22. The molecule has 0 atom stereocenters. The molecule has 1 aliphatic rings. The molecule has 0 aliphatic carbocycles. The molecule has 2 heterocycles. The van der Waals surface area contributed by atoms with Crippen molar-refractivity contribution < 1.29 is 32.3 Å². The van der Waals surface area contributed by atoms with Gasteiger partial charge >= 0.3 is 5.97 Å². The number of nitrogens with one attached hydrogen (secondary N) is 1. The quantitative estimate of drug-likeness (QED) is 0.586. The molecule has 1 saturated heterocycles. The van der Waals surface area contributed by atoms with Crippen LogP contribution in [0, 0.1) is 0 Å². The summed E-state index contributed by atoms with van der Waals surface area (Å²) in [7, 11) is -3.67. The monoisotopic (exact) mass is 453 g/mol. The van der Waals surface area contributed by atoms with Gasteiger partial charge in [-0.3, -0.25) is 9.59 Å². The second-order valence-electron chi connectivity index (χ2n) is 6.19. The number of carbonyl (C=O) groups is 3. The minimum absolute atomic E-state index is 0.0513. The summed E-state index contributed by atoms with van der Waals surface area (Å²) in [4.78, 5) is 35.4. The zero-order chi connectivity index (χ0) is 21.7. The number of nitrogens with two attached hydrogens (primary N) is 1. The average molecular weight is 453 g/mol. The van der Waals surface area contributed by atoms with Crippen LogP contribution in [0.25, 0.3) is 0 Å². The molecule has 2 amide bonds. The summed E-state index contributed by atoms with van der Waals surface area (Å²) in [5.41, 5.74) is 5.46. The van der Waals surface area contributed by atoms with Gasteiger partial charge in [-0.25, -0.2) is 13.2 Å². The third-order valence-electron chi connectivity index (χ3n) is 4.22. The Morgan fingerprint density at radius 3 is 2.43 bits per heavy atom. The van der Waals surface area contributed by atoms with E-state index in [-0.39, 0.29) is 34.1 Å². The Kier molecular flexibility index (Phi) is 6.82. The molecule has 30 heavy (non-hydrogen) atoms. The topological polar surface area (TPSA) is 145 Å². The number of primary amides is 1. The molecule has 0 bridgehead atoms. The maximum absolute atomic E-state index is 12.6. The molecule has 0 unspecified atom stereocenters. The van der Waals surface area contributed by atoms with Crippen molar-refractivity contribution >= 4 is 44.1 Å². The number of morpholine rings is 1. The number of benzene rings is 1. The fourth-order valence-electron chi connectivity index (χ4n) is 2.68. The second kappa shape index (κ2) is 9.34. The SMILES string of the molecule is NC(=O)c1ccsc1NC(=O)COC(=O)c1ccc(S(=O)(=O)N2CCOCC2)cc1. The van der Waals surface area contributed by atoms with E-state index < -0.39 is 34.4 Å². The molecular formula is C18H19N3O7S2. The molecule has 2 aromatic rings. The lowest BCUT2D eigenvalue weighted by molar-refractivity contribution is -0.119. The number of ether oxygens (including phenoxy) is 2. The van der Waals surface area contributed by atoms with Crippen LogP contribution in [0.5, 0.6) is 0 Å². The van der Waals surface area contributed by atoms with Crippen LogP contribution in [-0.2, 0) is 24.3 Å². The van der Waals surface area contributed by atoms with Crippen molar-refractivity contribution in [3.05, 3.63) is 46.8 Å². The van der Waals surface area contributed by atoms with Crippen LogP contribution in [0.4, 0.5) is 5.00 Å². The summed E-state index contributed by atoms with van der Waals surface area (Å²) in [6, 6.07) is 6.73. The first-order valence-electron chi connectivity index (χ1n) is 8.81. The Morgan fingerprint density at radius 2 is 1.80 bits per heavy atom. The summed E-state index contributed by atoms with van der Waals surface area (Å²) >= 11 is 1.11. The summed E-state index contributed by atoms with van der Waals surface area (Å²) < 4.78 is 36.6. The Hall–Kier alpha value is -2.80. The number of thiophene rings is 1. The fourth-order valence-corrected chi connectivity index (χ4v) is 4.89. The third-order valence-corrected chi connectivity index (χ3v) is 6.96. The highest BCUT2D eigenvalue weighted by Gasteiger charge is 2.26. The number of hydrogen-bond acceptors (Lipinski definition) is 8. The number of rotatable bonds is 7. The minimum atomic E-state index is -3.67. The Labute approximate surface area is 176 Å². The molecule has 1 aliphatic heterocycles. The predicted molar refractivity (Wildman–Crippen MR) is 108 cm³/mol. The fraction of sp³-hybridized carbons (Fsp3) is 0.278. The molecule has 12 heteroatoms. The molecule has 1 fully saturated rings. The van der Waals surface area contributed by atoms with Gasteiger partial charge in [-0.15, -0.1) is 11.3 Å². The van der Waals surface area contributed by atoms with Crippen LogP contribution in [0.1, 0.15) is 20.7 Å². The highest BCUT2D eigenvalue weighted by molar-refractivity contribution is 7.89. The van der Waals surface area contributed by atoms with Crippen LogP contribution in [-0.4, -0.2) is 63.4 Å². The van der Waals surface area contributed by atoms with Crippen molar-refractivity contribution in [2.75, 3.05) is 38.2 Å². The van der Waals surface area contributed by atoms with Crippen molar-refractivity contribution in [2.24, 2.45) is 5.73 Å². The van der Waals surface area contributed by atoms with Crippen LogP contribution in [0.2, 0.25) is 0 Å². The van der Waals surface area contributed by atoms with Gasteiger partial charge in [0.05, 0.1) is 29.2 Å². The lowest BCUT2D eigenvalue weighted by Crippen LogP contribution is -2.40. The molecule has 1 aromatic heterocycles. The van der Waals surface area contributed by atoms with E-state index in [4.69, 9.17) is 15.2 Å². The lowest BCUT2D eigenvalue weighted by atomic mass is 10.2. The Balaban J connectivity index is 1.57. The van der Waals surface area contributed by atoms with Gasteiger partial charge in [-0.05, 0) is 35.7 Å². The van der Waals surface area contributed by atoms with E-state index in [1.165, 1.54) is 34.6 Å². The van der Waals surface area contributed by atoms with Crippen LogP contribution in [0.15, 0.2) is 40.6 Å². The molecule has 3 rings (SSSR count). The molecule has 0 spiro atoms. The van der Waals surface area contributed by atoms with E-state index in [9.17, 15) is 22.8 Å². The number of amides is 2. The van der Waals surface area contributed by atoms with E-state index in [0.29, 0.717) is 13.2 Å². The molecule has 0 radical (unpaired) electrons. The maximum atomic E-state index is 12.6. The maximum Gasteiger partial charge on any atom is 0.338 e. The van der Waals surface area contributed by atoms with Gasteiger partial charge in [0.15, 0.2) is 6.61 Å². The zero-order valence-corrected chi connectivity index (χ0v) is 17.3. The minimum Gasteiger partial charge on any atom is -0.452 e. The summed E-state index contributed by atoms with van der Waals surface area (Å²) in [6.45, 7) is 0.616. The van der Waals surface area contributed by atoms with Crippen molar-refractivity contribution in [3.8, 4) is 0 Å². The first kappa shape index (κ1) is 21.9. The molecule has 0 saturated carbocycles. The second-order valence-corrected chi connectivity index (χ2v) is 9.05. The standard InChI is InChI=1S/C18H19N3O7S2/c19-16(23)14-5-10-29-17(14)20-15(22)11-28-18(24)12-1-3-13(4-2-12)30(25,26)21-6-8-27-9-7-21/h1-5,10H,6-9,11H2,(H2,19,23)(H,20,22). The summed E-state index contributed by atoms with van der Waals surface area (Å²) in [5.74, 6) is -2.11. The largest absolute Gasteiger partial charge is 0.452 e. The van der Waals surface area contributed by atoms with Crippen LogP contribution >= 0.6 is 11.3 Å². The summed E-state index contributed by atoms with van der Waals surface area (Å²) in [5, 5.41) is 4.31. The molecular weight excluding hydrogens is 434 g/mol. The Bertz CT molecular complexity index is 1040. The van der Waals surface area contributed by atoms with Crippen LogP contribution in [0.3, 0.4) is 0 Å². The average Bonchev–Trinajstić information content (AvgIpc) is 3.21. The van der Waals surface area contributed by atoms with Crippen molar-refractivity contribution in [3.63, 3.8) is 0 Å². The normalized spacial score (nSPS) is 14.8. The molecule has 3 N–H and O–H groups in total. The number of hydrogen-bond donors (Lipinski definition) is 2. The highest BCUT2D eigenvalue weighted by atomic mass is 32.2. The number of carbonyl (C=O) groups excluding carboxylic acids is 3. The number of nitrogens with zero attached hydrogens (tertiary/aromatic N) is 1. The van der Waals surface area contributed by atoms with E-state index in [2.05, 4.69) is 5.32 Å². The van der Waals surface area contributed by atoms with Crippen molar-refractivity contribution in [2.45, 2.75) is 4.90 Å². The van der Waals surface area contributed by atoms with Gasteiger partial charge in [0.1, 0.15) is 5.00 Å². The summed E-state index contributed by atoms with van der Waals surface area (Å²) in [6.07, 6.45) is 0. The Morgan fingerprint density at radius 1 is 1.13 bits per heavy atom. The van der Waals surface area contributed by atoms with E-state index >= 15 is 0 Å². The van der Waals surface area contributed by atoms with E-state index in [0.717, 1.165) is 11.3 Å². The molecule has 1 aromatic carbocycles. The van der Waals surface area contributed by atoms with Gasteiger partial charge in [-0.1, -0.05) is 0 Å². The number of anilines is 1. The van der Waals surface area contributed by atoms with Gasteiger partial charge < -0.3 is 20.5 Å². The molecule has 160 valence electrons. The lowest BCUT2D eigenvalue weighted by Gasteiger charge is -2.26. The first-order valence-corrected chi connectivity index (χ1v) is 11.1. The zero-order valence-electron chi connectivity index (χ0n) is 15.7. The number of esters is 1. The molecule has 10 nitrogen and oxygen atoms in total. The number of sulfonamides is 1. The first-order chi connectivity index (χ1) is 14.3. The van der Waals surface area contributed by atoms with Gasteiger partial charge in [0.25, 0.3) is 11.8 Å². The van der Waals surface area contributed by atoms with E-state index in [1.807, 2.05) is 0 Å². The third kappa shape index (κ3) is 5.02. The van der Waals surface area contributed by atoms with Crippen molar-refractivity contribution in [1.82, 2.24) is 4.31 Å². The van der Waals surface area contributed by atoms with E-state index in [1.54, 1.807) is 5.38 Å². The predicted octanol–water partition coefficient (Wildman–Crippen LogP) is 0.663. The van der Waals surface area contributed by atoms with Crippen LogP contribution < -0.4 is 11.1 Å².